The summed E-state index contributed by atoms with van der Waals surface area (Å²) in [7, 11) is 1.83. The van der Waals surface area contributed by atoms with Gasteiger partial charge in [-0.25, -0.2) is 4.39 Å². The Labute approximate surface area is 126 Å². The Morgan fingerprint density at radius 1 is 1.38 bits per heavy atom. The van der Waals surface area contributed by atoms with Gasteiger partial charge in [0.1, 0.15) is 5.82 Å². The van der Waals surface area contributed by atoms with E-state index in [2.05, 4.69) is 18.7 Å². The molecule has 1 heterocycles. The second-order valence-electron chi connectivity index (χ2n) is 6.25. The van der Waals surface area contributed by atoms with Gasteiger partial charge in [-0.2, -0.15) is 0 Å². The Balaban J connectivity index is 2.01. The van der Waals surface area contributed by atoms with Crippen LogP contribution in [0.3, 0.4) is 0 Å². The van der Waals surface area contributed by atoms with Crippen molar-refractivity contribution in [2.75, 3.05) is 26.7 Å². The summed E-state index contributed by atoms with van der Waals surface area (Å²) in [6.07, 6.45) is 1.28. The minimum Gasteiger partial charge on any atom is -0.339 e. The van der Waals surface area contributed by atoms with Crippen molar-refractivity contribution in [3.05, 3.63) is 35.1 Å². The number of likely N-dealkylation sites (tertiary alicyclic amines) is 1. The highest BCUT2D eigenvalue weighted by molar-refractivity contribution is 5.94. The number of carbonyl (C=O) groups is 1. The van der Waals surface area contributed by atoms with E-state index in [1.54, 1.807) is 24.0 Å². The second-order valence-corrected chi connectivity index (χ2v) is 6.25. The summed E-state index contributed by atoms with van der Waals surface area (Å²) in [5.74, 6) is 0.107. The van der Waals surface area contributed by atoms with Crippen molar-refractivity contribution in [3.8, 4) is 0 Å². The van der Waals surface area contributed by atoms with Crippen LogP contribution < -0.4 is 0 Å². The van der Waals surface area contributed by atoms with Crippen molar-refractivity contribution in [2.24, 2.45) is 5.92 Å². The highest BCUT2D eigenvalue weighted by Crippen LogP contribution is 2.18. The lowest BCUT2D eigenvalue weighted by Crippen LogP contribution is -2.46. The molecule has 2 rings (SSSR count). The number of aryl methyl sites for hydroxylation is 1. The predicted octanol–water partition coefficient (Wildman–Crippen LogP) is 2.94. The van der Waals surface area contributed by atoms with Crippen LogP contribution in [0.4, 0.5) is 4.39 Å². The fraction of sp³-hybridized carbons (Fsp3) is 0.588. The summed E-state index contributed by atoms with van der Waals surface area (Å²) in [6, 6.07) is 4.71. The molecule has 1 aromatic rings. The second kappa shape index (κ2) is 6.56. The van der Waals surface area contributed by atoms with E-state index < -0.39 is 0 Å². The molecule has 2 unspecified atom stereocenters. The molecule has 0 aliphatic carbocycles. The lowest BCUT2D eigenvalue weighted by atomic mass is 9.99. The van der Waals surface area contributed by atoms with Crippen LogP contribution in [0.1, 0.15) is 36.2 Å². The minimum atomic E-state index is -0.270. The van der Waals surface area contributed by atoms with Gasteiger partial charge in [-0.3, -0.25) is 4.79 Å². The first-order chi connectivity index (χ1) is 9.90. The Morgan fingerprint density at radius 3 is 2.57 bits per heavy atom. The molecule has 1 saturated heterocycles. The molecule has 3 nitrogen and oxygen atoms in total. The molecule has 0 aromatic heterocycles. The molecular formula is C17H25FN2O. The molecule has 0 bridgehead atoms. The smallest absolute Gasteiger partial charge is 0.253 e. The fourth-order valence-corrected chi connectivity index (χ4v) is 2.67. The Kier molecular flexibility index (Phi) is 4.99. The van der Waals surface area contributed by atoms with Gasteiger partial charge in [0.15, 0.2) is 0 Å². The van der Waals surface area contributed by atoms with Crippen LogP contribution in [-0.4, -0.2) is 48.4 Å². The van der Waals surface area contributed by atoms with Crippen LogP contribution in [-0.2, 0) is 0 Å². The van der Waals surface area contributed by atoms with Crippen LogP contribution in [0.15, 0.2) is 18.2 Å². The molecule has 0 saturated carbocycles. The molecule has 1 aliphatic rings. The van der Waals surface area contributed by atoms with E-state index >= 15 is 0 Å². The molecule has 1 fully saturated rings. The van der Waals surface area contributed by atoms with Crippen LogP contribution >= 0.6 is 0 Å². The number of hydrogen-bond acceptors (Lipinski definition) is 2. The summed E-state index contributed by atoms with van der Waals surface area (Å²) in [4.78, 5) is 16.7. The summed E-state index contributed by atoms with van der Waals surface area (Å²) >= 11 is 0. The van der Waals surface area contributed by atoms with Crippen molar-refractivity contribution in [3.63, 3.8) is 0 Å². The summed E-state index contributed by atoms with van der Waals surface area (Å²) in [5.41, 5.74) is 1.06. The Morgan fingerprint density at radius 2 is 2.05 bits per heavy atom. The maximum atomic E-state index is 13.3. The monoisotopic (exact) mass is 292 g/mol. The zero-order chi connectivity index (χ0) is 15.6. The number of amides is 1. The first-order valence-corrected chi connectivity index (χ1v) is 7.66. The van der Waals surface area contributed by atoms with Gasteiger partial charge < -0.3 is 9.80 Å². The maximum absolute atomic E-state index is 13.3. The summed E-state index contributed by atoms with van der Waals surface area (Å²) in [6.45, 7) is 9.32. The zero-order valence-corrected chi connectivity index (χ0v) is 13.4. The van der Waals surface area contributed by atoms with Crippen molar-refractivity contribution < 1.29 is 9.18 Å². The fourth-order valence-electron chi connectivity index (χ4n) is 2.67. The third kappa shape index (κ3) is 3.62. The van der Waals surface area contributed by atoms with E-state index in [9.17, 15) is 9.18 Å². The van der Waals surface area contributed by atoms with Crippen LogP contribution in [0.2, 0.25) is 0 Å². The average Bonchev–Trinajstić information content (AvgIpc) is 2.43. The van der Waals surface area contributed by atoms with E-state index in [4.69, 9.17) is 0 Å². The number of carbonyl (C=O) groups excluding carboxylic acids is 1. The summed E-state index contributed by atoms with van der Waals surface area (Å²) in [5, 5.41) is 0. The number of rotatable bonds is 5. The molecule has 0 spiro atoms. The van der Waals surface area contributed by atoms with Gasteiger partial charge in [0.25, 0.3) is 5.91 Å². The largest absolute Gasteiger partial charge is 0.339 e. The molecule has 1 amide bonds. The lowest BCUT2D eigenvalue weighted by Gasteiger charge is -2.37. The molecule has 0 N–H and O–H groups in total. The number of halogens is 1. The molecule has 116 valence electrons. The normalized spacial score (nSPS) is 18.0. The molecule has 0 radical (unpaired) electrons. The predicted molar refractivity (Wildman–Crippen MR) is 82.9 cm³/mol. The topological polar surface area (TPSA) is 23.6 Å². The van der Waals surface area contributed by atoms with Gasteiger partial charge in [-0.05, 0) is 63.0 Å². The van der Waals surface area contributed by atoms with Gasteiger partial charge in [-0.15, -0.1) is 0 Å². The van der Waals surface area contributed by atoms with E-state index in [1.807, 2.05) is 7.05 Å². The van der Waals surface area contributed by atoms with Crippen molar-refractivity contribution in [2.45, 2.75) is 33.2 Å². The van der Waals surface area contributed by atoms with Crippen LogP contribution in [0.5, 0.6) is 0 Å². The third-order valence-corrected chi connectivity index (χ3v) is 4.65. The molecule has 1 aliphatic heterocycles. The number of benzene rings is 1. The Hall–Kier alpha value is -1.42. The van der Waals surface area contributed by atoms with Crippen LogP contribution in [0, 0.1) is 18.7 Å². The van der Waals surface area contributed by atoms with Gasteiger partial charge >= 0.3 is 0 Å². The molecule has 21 heavy (non-hydrogen) atoms. The number of nitrogens with zero attached hydrogens (tertiary/aromatic N) is 2. The van der Waals surface area contributed by atoms with Crippen molar-refractivity contribution in [1.29, 1.82) is 0 Å². The average molecular weight is 292 g/mol. The highest BCUT2D eigenvalue weighted by atomic mass is 19.1. The highest BCUT2D eigenvalue weighted by Gasteiger charge is 2.25. The van der Waals surface area contributed by atoms with Gasteiger partial charge in [0.2, 0.25) is 0 Å². The first kappa shape index (κ1) is 16.0. The third-order valence-electron chi connectivity index (χ3n) is 4.65. The summed E-state index contributed by atoms with van der Waals surface area (Å²) < 4.78 is 13.3. The van der Waals surface area contributed by atoms with Gasteiger partial charge in [-0.1, -0.05) is 6.92 Å². The van der Waals surface area contributed by atoms with E-state index in [0.717, 1.165) is 6.54 Å². The molecular weight excluding hydrogens is 267 g/mol. The van der Waals surface area contributed by atoms with E-state index in [1.165, 1.54) is 25.6 Å². The van der Waals surface area contributed by atoms with Crippen molar-refractivity contribution in [1.82, 2.24) is 9.80 Å². The maximum Gasteiger partial charge on any atom is 0.253 e. The molecule has 1 aromatic carbocycles. The van der Waals surface area contributed by atoms with Gasteiger partial charge in [0, 0.05) is 25.2 Å². The number of hydrogen-bond donors (Lipinski definition) is 0. The minimum absolute atomic E-state index is 0.0407. The lowest BCUT2D eigenvalue weighted by molar-refractivity contribution is 0.0641. The van der Waals surface area contributed by atoms with Crippen molar-refractivity contribution >= 4 is 5.91 Å². The molecule has 4 heteroatoms. The first-order valence-electron chi connectivity index (χ1n) is 7.66. The van der Waals surface area contributed by atoms with E-state index in [0.29, 0.717) is 17.0 Å². The van der Waals surface area contributed by atoms with Crippen LogP contribution in [0.25, 0.3) is 0 Å². The zero-order valence-electron chi connectivity index (χ0n) is 13.4. The SMILES string of the molecule is Cc1cc(C(=O)N(C)C(C)C(C)CN2CCC2)ccc1F. The van der Waals surface area contributed by atoms with E-state index in [-0.39, 0.29) is 17.8 Å². The van der Waals surface area contributed by atoms with Gasteiger partial charge in [0.05, 0.1) is 0 Å². The molecule has 2 atom stereocenters. The Bertz CT molecular complexity index is 514. The standard InChI is InChI=1S/C17H25FN2O/c1-12-10-15(6-7-16(12)18)17(21)19(4)14(3)13(2)11-20-8-5-9-20/h6-7,10,13-14H,5,8-9,11H2,1-4H3. The quantitative estimate of drug-likeness (QED) is 0.833.